The topological polar surface area (TPSA) is 84.0 Å². The number of carbonyl (C=O) groups is 2. The highest BCUT2D eigenvalue weighted by Crippen LogP contribution is 2.23. The predicted octanol–water partition coefficient (Wildman–Crippen LogP) is 6.96. The van der Waals surface area contributed by atoms with Gasteiger partial charge in [0, 0.05) is 46.6 Å². The lowest BCUT2D eigenvalue weighted by Gasteiger charge is -2.02. The number of carbonyl (C=O) groups excluding carboxylic acids is 2. The van der Waals surface area contributed by atoms with Crippen LogP contribution < -0.4 is 10.6 Å². The molecule has 2 heterocycles. The highest BCUT2D eigenvalue weighted by atomic mass is 32.1. The van der Waals surface area contributed by atoms with E-state index in [1.54, 1.807) is 67.0 Å². The number of anilines is 2. The van der Waals surface area contributed by atoms with Crippen LogP contribution in [0.3, 0.4) is 0 Å². The van der Waals surface area contributed by atoms with Crippen molar-refractivity contribution in [1.29, 1.82) is 0 Å². The zero-order chi connectivity index (χ0) is 27.9. The molecule has 0 atom stereocenters. The summed E-state index contributed by atoms with van der Waals surface area (Å²) in [7, 11) is 0. The quantitative estimate of drug-likeness (QED) is 0.187. The second-order valence-corrected chi connectivity index (χ2v) is 11.0. The lowest BCUT2D eigenvalue weighted by Crippen LogP contribution is -2.11. The van der Waals surface area contributed by atoms with Crippen LogP contribution in [-0.4, -0.2) is 21.8 Å². The Morgan fingerprint density at radius 1 is 0.700 bits per heavy atom. The van der Waals surface area contributed by atoms with Gasteiger partial charge in [-0.3, -0.25) is 20.2 Å². The summed E-state index contributed by atoms with van der Waals surface area (Å²) in [6.45, 7) is 0. The average molecular weight is 573 g/mol. The van der Waals surface area contributed by atoms with Gasteiger partial charge in [-0.1, -0.05) is 36.4 Å². The van der Waals surface area contributed by atoms with Gasteiger partial charge in [0.1, 0.15) is 11.6 Å². The lowest BCUT2D eigenvalue weighted by atomic mass is 10.1. The molecule has 2 aromatic heterocycles. The Labute approximate surface area is 237 Å². The van der Waals surface area contributed by atoms with E-state index in [1.165, 1.54) is 53.0 Å². The first-order valence-electron chi connectivity index (χ1n) is 12.2. The third kappa shape index (κ3) is 7.52. The van der Waals surface area contributed by atoms with E-state index < -0.39 is 0 Å². The molecule has 5 aromatic rings. The predicted molar refractivity (Wildman–Crippen MR) is 155 cm³/mol. The number of benzene rings is 3. The van der Waals surface area contributed by atoms with Gasteiger partial charge in [0.05, 0.1) is 0 Å². The third-order valence-electron chi connectivity index (χ3n) is 5.74. The molecule has 5 rings (SSSR count). The number of amides is 2. The second kappa shape index (κ2) is 12.5. The van der Waals surface area contributed by atoms with Crippen molar-refractivity contribution in [3.8, 4) is 0 Å². The average Bonchev–Trinajstić information content (AvgIpc) is 3.59. The maximum absolute atomic E-state index is 13.1. The molecular formula is C30H22F2N4O2S2. The molecule has 0 saturated heterocycles. The van der Waals surface area contributed by atoms with Crippen molar-refractivity contribution >= 4 is 50.8 Å². The molecule has 0 fully saturated rings. The standard InChI is InChI=1S/C30H22F2N4O2S2/c31-23-10-3-20(4-11-23)15-25-17-33-29(39-25)35-27(37)14-7-19-1-8-22(9-2-19)28(38)36-30-34-18-26(40-30)16-21-5-12-24(32)13-6-21/h1-14,17-18H,15-16H2,(H,33,35,37)(H,34,36,38)/b14-7+. The number of nitrogens with one attached hydrogen (secondary N) is 2. The Hall–Kier alpha value is -4.54. The molecule has 200 valence electrons. The molecule has 0 saturated carbocycles. The smallest absolute Gasteiger partial charge is 0.257 e. The van der Waals surface area contributed by atoms with Gasteiger partial charge < -0.3 is 0 Å². The van der Waals surface area contributed by atoms with E-state index in [1.807, 2.05) is 0 Å². The van der Waals surface area contributed by atoms with Crippen LogP contribution in [0.1, 0.15) is 36.8 Å². The van der Waals surface area contributed by atoms with Crippen molar-refractivity contribution in [3.05, 3.63) is 135 Å². The van der Waals surface area contributed by atoms with Gasteiger partial charge >= 0.3 is 0 Å². The van der Waals surface area contributed by atoms with Crippen molar-refractivity contribution < 1.29 is 18.4 Å². The maximum atomic E-state index is 13.1. The molecule has 6 nitrogen and oxygen atoms in total. The van der Waals surface area contributed by atoms with Gasteiger partial charge in [-0.15, -0.1) is 22.7 Å². The number of nitrogens with zero attached hydrogens (tertiary/aromatic N) is 2. The molecule has 10 heteroatoms. The zero-order valence-corrected chi connectivity index (χ0v) is 22.6. The van der Waals surface area contributed by atoms with Crippen LogP contribution in [-0.2, 0) is 17.6 Å². The van der Waals surface area contributed by atoms with Crippen LogP contribution in [0.2, 0.25) is 0 Å². The number of halogens is 2. The summed E-state index contributed by atoms with van der Waals surface area (Å²) in [4.78, 5) is 35.4. The fourth-order valence-corrected chi connectivity index (χ4v) is 5.43. The van der Waals surface area contributed by atoms with E-state index >= 15 is 0 Å². The van der Waals surface area contributed by atoms with Crippen LogP contribution >= 0.6 is 22.7 Å². The Morgan fingerprint density at radius 2 is 1.20 bits per heavy atom. The molecule has 0 unspecified atom stereocenters. The summed E-state index contributed by atoms with van der Waals surface area (Å²) in [6.07, 6.45) is 7.63. The summed E-state index contributed by atoms with van der Waals surface area (Å²) in [5.41, 5.74) is 3.11. The highest BCUT2D eigenvalue weighted by molar-refractivity contribution is 7.16. The Kier molecular flexibility index (Phi) is 8.48. The van der Waals surface area contributed by atoms with Gasteiger partial charge in [-0.05, 0) is 59.2 Å². The summed E-state index contributed by atoms with van der Waals surface area (Å²) in [5.74, 6) is -1.19. The van der Waals surface area contributed by atoms with Gasteiger partial charge in [0.2, 0.25) is 5.91 Å². The molecule has 0 spiro atoms. The van der Waals surface area contributed by atoms with E-state index in [2.05, 4.69) is 20.6 Å². The minimum atomic E-state index is -0.329. The molecule has 2 amide bonds. The van der Waals surface area contributed by atoms with Crippen LogP contribution in [0.15, 0.2) is 91.3 Å². The van der Waals surface area contributed by atoms with E-state index in [0.717, 1.165) is 26.4 Å². The minimum absolute atomic E-state index is 0.282. The van der Waals surface area contributed by atoms with Crippen LogP contribution in [0.5, 0.6) is 0 Å². The lowest BCUT2D eigenvalue weighted by molar-refractivity contribution is -0.111. The SMILES string of the molecule is O=C(/C=C/c1ccc(C(=O)Nc2ncc(Cc3ccc(F)cc3)s2)cc1)Nc1ncc(Cc2ccc(F)cc2)s1. The zero-order valence-electron chi connectivity index (χ0n) is 20.9. The highest BCUT2D eigenvalue weighted by Gasteiger charge is 2.10. The first-order chi connectivity index (χ1) is 19.4. The second-order valence-electron chi connectivity index (χ2n) is 8.77. The Balaban J connectivity index is 1.11. The van der Waals surface area contributed by atoms with Crippen LogP contribution in [0.4, 0.5) is 19.0 Å². The van der Waals surface area contributed by atoms with Crippen molar-refractivity contribution in [2.24, 2.45) is 0 Å². The van der Waals surface area contributed by atoms with Gasteiger partial charge in [-0.25, -0.2) is 18.7 Å². The molecule has 0 aliphatic rings. The Bertz CT molecular complexity index is 1640. The molecular weight excluding hydrogens is 550 g/mol. The van der Waals surface area contributed by atoms with Crippen molar-refractivity contribution in [3.63, 3.8) is 0 Å². The summed E-state index contributed by atoms with van der Waals surface area (Å²) in [6, 6.07) is 19.4. The summed E-state index contributed by atoms with van der Waals surface area (Å²) < 4.78 is 26.2. The molecule has 0 bridgehead atoms. The first-order valence-corrected chi connectivity index (χ1v) is 13.8. The van der Waals surface area contributed by atoms with Gasteiger partial charge in [0.25, 0.3) is 5.91 Å². The minimum Gasteiger partial charge on any atom is -0.298 e. The van der Waals surface area contributed by atoms with Crippen LogP contribution in [0, 0.1) is 11.6 Å². The van der Waals surface area contributed by atoms with Crippen molar-refractivity contribution in [2.75, 3.05) is 10.6 Å². The number of aromatic nitrogens is 2. The number of hydrogen-bond donors (Lipinski definition) is 2. The van der Waals surface area contributed by atoms with E-state index in [0.29, 0.717) is 28.7 Å². The number of hydrogen-bond acceptors (Lipinski definition) is 6. The van der Waals surface area contributed by atoms with E-state index in [-0.39, 0.29) is 23.4 Å². The van der Waals surface area contributed by atoms with Gasteiger partial charge in [0.15, 0.2) is 10.3 Å². The molecule has 0 radical (unpaired) electrons. The van der Waals surface area contributed by atoms with E-state index in [9.17, 15) is 18.4 Å². The van der Waals surface area contributed by atoms with Gasteiger partial charge in [-0.2, -0.15) is 0 Å². The summed E-state index contributed by atoms with van der Waals surface area (Å²) in [5, 5.41) is 6.48. The number of thiazole rings is 2. The normalized spacial score (nSPS) is 11.1. The monoisotopic (exact) mass is 572 g/mol. The maximum Gasteiger partial charge on any atom is 0.257 e. The molecule has 40 heavy (non-hydrogen) atoms. The first kappa shape index (κ1) is 27.0. The Morgan fingerprint density at radius 3 is 1.73 bits per heavy atom. The largest absolute Gasteiger partial charge is 0.298 e. The van der Waals surface area contributed by atoms with E-state index in [4.69, 9.17) is 0 Å². The molecule has 3 aromatic carbocycles. The molecule has 0 aliphatic carbocycles. The summed E-state index contributed by atoms with van der Waals surface area (Å²) >= 11 is 2.72. The fraction of sp³-hybridized carbons (Fsp3) is 0.0667. The van der Waals surface area contributed by atoms with Crippen molar-refractivity contribution in [2.45, 2.75) is 12.8 Å². The number of rotatable bonds is 9. The molecule has 0 aliphatic heterocycles. The third-order valence-corrected chi connectivity index (χ3v) is 7.57. The van der Waals surface area contributed by atoms with Crippen molar-refractivity contribution in [1.82, 2.24) is 9.97 Å². The molecule has 2 N–H and O–H groups in total. The fourth-order valence-electron chi connectivity index (χ4n) is 3.73. The van der Waals surface area contributed by atoms with Crippen LogP contribution in [0.25, 0.3) is 6.08 Å².